The third kappa shape index (κ3) is 12.4. The van der Waals surface area contributed by atoms with Crippen molar-refractivity contribution in [2.24, 2.45) is 0 Å². The molecule has 0 bridgehead atoms. The van der Waals surface area contributed by atoms with Crippen LogP contribution in [0.15, 0.2) is 425 Å². The number of hydrogen-bond donors (Lipinski definition) is 0. The summed E-state index contributed by atoms with van der Waals surface area (Å²) in [6.07, 6.45) is 0. The minimum absolute atomic E-state index is 0.785. The zero-order valence-electron chi connectivity index (χ0n) is 55.1. The van der Waals surface area contributed by atoms with Crippen molar-refractivity contribution < 1.29 is 32.9 Å². The van der Waals surface area contributed by atoms with Crippen LogP contribution in [0.2, 0.25) is 0 Å². The van der Waals surface area contributed by atoms with Gasteiger partial charge in [0.1, 0.15) is 0 Å². The van der Waals surface area contributed by atoms with Gasteiger partial charge in [0.25, 0.3) is 0 Å². The van der Waals surface area contributed by atoms with Gasteiger partial charge in [0.05, 0.1) is 0 Å². The van der Waals surface area contributed by atoms with Crippen LogP contribution in [0.25, 0.3) is 0 Å². The molecule has 2 fully saturated rings. The fourth-order valence-electron chi connectivity index (χ4n) is 13.9. The smallest absolute Gasteiger partial charge is 0.402 e. The Morgan fingerprint density at radius 3 is 0.337 bits per heavy atom. The SMILES string of the molecule is c1ccc([Si]2(S[Si]3(c4ccccc4)O[Si](c4ccccc4)(c4ccccc4)O[Si](c4ccccc4)(c4ccccc4)O[Si](c4ccccc4)(c4ccccc4)O3)O[Si](c3ccccc3)(c3ccccc3)O[Si](c3ccccc3)(c3ccccc3)O[Si](c3ccccc3)(c3ccccc3)O2)cc1. The van der Waals surface area contributed by atoms with Crippen LogP contribution in [0.5, 0.6) is 0 Å². The zero-order chi connectivity index (χ0) is 67.9. The first-order chi connectivity index (χ1) is 49.8. The summed E-state index contributed by atoms with van der Waals surface area (Å²) in [5.41, 5.74) is 0. The summed E-state index contributed by atoms with van der Waals surface area (Å²) in [6.45, 7) is 0. The second-order valence-corrected chi connectivity index (χ2v) is 55.0. The quantitative estimate of drug-likeness (QED) is 0.0882. The predicted octanol–water partition coefficient (Wildman–Crippen LogP) is 9.11. The lowest BCUT2D eigenvalue weighted by Gasteiger charge is -2.56. The second kappa shape index (κ2) is 28.7. The summed E-state index contributed by atoms with van der Waals surface area (Å²) in [6, 6.07) is 148. The molecule has 0 saturated carbocycles. The lowest BCUT2D eigenvalue weighted by molar-refractivity contribution is 0.271. The molecule has 0 aromatic heterocycles. The summed E-state index contributed by atoms with van der Waals surface area (Å²) in [5.74, 6) is 0. The van der Waals surface area contributed by atoms with E-state index in [1.807, 2.05) is 0 Å². The highest BCUT2D eigenvalue weighted by Gasteiger charge is 2.74. The molecule has 0 amide bonds. The van der Waals surface area contributed by atoms with Crippen molar-refractivity contribution in [3.8, 4) is 0 Å². The van der Waals surface area contributed by atoms with Crippen molar-refractivity contribution in [2.45, 2.75) is 0 Å². The van der Waals surface area contributed by atoms with E-state index >= 15 is 0 Å². The molecule has 0 spiro atoms. The molecule has 0 aliphatic carbocycles. The van der Waals surface area contributed by atoms with Gasteiger partial charge >= 0.3 is 66.8 Å². The van der Waals surface area contributed by atoms with E-state index in [1.165, 1.54) is 0 Å². The van der Waals surface area contributed by atoms with E-state index < -0.39 is 66.8 Å². The predicted molar refractivity (Wildman–Crippen MR) is 427 cm³/mol. The van der Waals surface area contributed by atoms with Crippen LogP contribution in [0, 0.1) is 0 Å². The third-order valence-electron chi connectivity index (χ3n) is 18.6. The molecule has 2 aliphatic heterocycles. The first-order valence-electron chi connectivity index (χ1n) is 33.9. The van der Waals surface area contributed by atoms with Gasteiger partial charge in [0.2, 0.25) is 0 Å². The highest BCUT2D eigenvalue weighted by Crippen LogP contribution is 2.45. The molecule has 0 unspecified atom stereocenters. The van der Waals surface area contributed by atoms with E-state index in [2.05, 4.69) is 425 Å². The maximum Gasteiger partial charge on any atom is 0.423 e. The van der Waals surface area contributed by atoms with Gasteiger partial charge in [-0.1, -0.05) is 435 Å². The van der Waals surface area contributed by atoms with Gasteiger partial charge in [-0.05, 0) is 62.2 Å². The Hall–Kier alpha value is -9.15. The lowest BCUT2D eigenvalue weighted by atomic mass is 10.4. The summed E-state index contributed by atoms with van der Waals surface area (Å²) in [4.78, 5) is 0. The standard InChI is InChI=1S/C84H70O8SSi8/c1-15-43-71(44-16-1)94(72-45-17-2-18-46-72)85-96(75-51-23-5-24-52-75,76-53-25-6-26-54-76)89-100(83-67-39-13-40-68-83,90-97(86-94,77-55-27-7-28-56-77)78-57-29-8-30-58-78)93-101(84-69-41-14-42-70-84)91-98(79-59-31-9-32-60-79,80-61-33-10-34-62-80)87-95(73-47-19-3-20-48-73,74-49-21-4-22-50-74)88-99(92-101,81-63-35-11-36-64-81)82-65-37-12-38-66-82/h1-70H. The van der Waals surface area contributed by atoms with Crippen LogP contribution in [-0.2, 0) is 32.9 Å². The first-order valence-corrected chi connectivity index (χ1v) is 50.7. The molecule has 101 heavy (non-hydrogen) atoms. The third-order valence-corrected chi connectivity index (χ3v) is 63.3. The Bertz CT molecular complexity index is 4240. The maximum atomic E-state index is 9.40. The Labute approximate surface area is 603 Å². The van der Waals surface area contributed by atoms with E-state index in [1.54, 1.807) is 10.7 Å². The highest BCUT2D eigenvalue weighted by atomic mass is 32.5. The van der Waals surface area contributed by atoms with Crippen molar-refractivity contribution in [3.63, 3.8) is 0 Å². The van der Waals surface area contributed by atoms with Crippen LogP contribution in [0.1, 0.15) is 0 Å². The van der Waals surface area contributed by atoms with Gasteiger partial charge in [0, 0.05) is 10.4 Å². The van der Waals surface area contributed by atoms with Crippen LogP contribution >= 0.6 is 10.7 Å². The normalized spacial score (nSPS) is 17.7. The van der Waals surface area contributed by atoms with Crippen molar-refractivity contribution >= 4 is 150 Å². The molecule has 2 aliphatic rings. The Morgan fingerprint density at radius 2 is 0.218 bits per heavy atom. The van der Waals surface area contributed by atoms with Gasteiger partial charge in [-0.3, -0.25) is 0 Å². The molecule has 2 saturated heterocycles. The molecular formula is C84H70O8SSi8. The highest BCUT2D eigenvalue weighted by molar-refractivity contribution is 8.50. The summed E-state index contributed by atoms with van der Waals surface area (Å²) < 4.78 is 73.8. The first kappa shape index (κ1) is 66.4. The second-order valence-electron chi connectivity index (χ2n) is 24.9. The largest absolute Gasteiger partial charge is 0.423 e. The van der Waals surface area contributed by atoms with E-state index in [-0.39, 0.29) is 0 Å². The van der Waals surface area contributed by atoms with Crippen molar-refractivity contribution in [3.05, 3.63) is 425 Å². The van der Waals surface area contributed by atoms with Gasteiger partial charge in [0.15, 0.2) is 0 Å². The Balaban J connectivity index is 1.11. The molecule has 17 heteroatoms. The fraction of sp³-hybridized carbons (Fsp3) is 0. The Kier molecular flexibility index (Phi) is 18.9. The lowest BCUT2D eigenvalue weighted by Crippen LogP contribution is -2.88. The molecule has 0 atom stereocenters. The summed E-state index contributed by atoms with van der Waals surface area (Å²) in [5, 5.41) is 11.9. The average molecular weight is 1460 g/mol. The van der Waals surface area contributed by atoms with E-state index in [4.69, 9.17) is 16.5 Å². The van der Waals surface area contributed by atoms with E-state index in [9.17, 15) is 16.5 Å². The van der Waals surface area contributed by atoms with Crippen LogP contribution in [0.3, 0.4) is 0 Å². The molecule has 0 N–H and O–H groups in total. The molecule has 16 rings (SSSR count). The number of rotatable bonds is 16. The van der Waals surface area contributed by atoms with Crippen molar-refractivity contribution in [1.29, 1.82) is 0 Å². The summed E-state index contributed by atoms with van der Waals surface area (Å²) in [7, 11) is -35.0. The minimum Gasteiger partial charge on any atom is -0.402 e. The minimum atomic E-state index is -4.91. The number of benzene rings is 14. The monoisotopic (exact) mass is 1460 g/mol. The van der Waals surface area contributed by atoms with Gasteiger partial charge < -0.3 is 32.9 Å². The molecular weight excluding hydrogens is 1390 g/mol. The van der Waals surface area contributed by atoms with Crippen LogP contribution in [-0.4, -0.2) is 66.8 Å². The average Bonchev–Trinajstić information content (AvgIpc) is 0.697. The summed E-state index contributed by atoms with van der Waals surface area (Å²) >= 11 is 0. The molecule has 2 heterocycles. The zero-order valence-corrected chi connectivity index (χ0v) is 63.9. The number of hydrogen-bond acceptors (Lipinski definition) is 9. The van der Waals surface area contributed by atoms with Gasteiger partial charge in [-0.15, -0.1) is 0 Å². The molecule has 492 valence electrons. The topological polar surface area (TPSA) is 73.8 Å². The van der Waals surface area contributed by atoms with Crippen molar-refractivity contribution in [1.82, 2.24) is 0 Å². The van der Waals surface area contributed by atoms with Crippen LogP contribution < -0.4 is 72.6 Å². The maximum absolute atomic E-state index is 9.40. The molecule has 8 nitrogen and oxygen atoms in total. The molecule has 0 radical (unpaired) electrons. The van der Waals surface area contributed by atoms with E-state index in [0.29, 0.717) is 0 Å². The molecule has 14 aromatic carbocycles. The van der Waals surface area contributed by atoms with Gasteiger partial charge in [-0.2, -0.15) is 0 Å². The van der Waals surface area contributed by atoms with Gasteiger partial charge in [-0.25, -0.2) is 0 Å². The fourth-order valence-corrected chi connectivity index (χ4v) is 74.1. The van der Waals surface area contributed by atoms with E-state index in [0.717, 1.165) is 72.6 Å². The molecule has 14 aromatic rings. The van der Waals surface area contributed by atoms with Crippen LogP contribution in [0.4, 0.5) is 0 Å². The Morgan fingerprint density at radius 1 is 0.119 bits per heavy atom. The van der Waals surface area contributed by atoms with Crippen molar-refractivity contribution in [2.75, 3.05) is 0 Å².